The maximum atomic E-state index is 6.57. The maximum Gasteiger partial charge on any atom is 0.494 e. The Balaban J connectivity index is 0.00000161. The lowest BCUT2D eigenvalue weighted by Gasteiger charge is -2.46. The summed E-state index contributed by atoms with van der Waals surface area (Å²) >= 11 is 0. The second-order valence-electron chi connectivity index (χ2n) is 12.0. The molecule has 5 aromatic rings. The van der Waals surface area contributed by atoms with E-state index in [0.29, 0.717) is 0 Å². The monoisotopic (exact) mass is 565 g/mol. The smallest absolute Gasteiger partial charge is 0.399 e. The molecule has 216 valence electrons. The van der Waals surface area contributed by atoms with Crippen LogP contribution in [0.4, 0.5) is 17.1 Å². The van der Waals surface area contributed by atoms with Gasteiger partial charge in [0.05, 0.1) is 28.0 Å². The molecule has 0 spiro atoms. The lowest BCUT2D eigenvalue weighted by Crippen LogP contribution is -2.41. The predicted molar refractivity (Wildman–Crippen MR) is 180 cm³/mol. The minimum Gasteiger partial charge on any atom is -0.399 e. The zero-order valence-corrected chi connectivity index (χ0v) is 26.0. The van der Waals surface area contributed by atoms with E-state index in [1.165, 1.54) is 27.9 Å². The number of benzene rings is 5. The third kappa shape index (κ3) is 4.61. The summed E-state index contributed by atoms with van der Waals surface area (Å²) in [7, 11) is -0.461. The van der Waals surface area contributed by atoms with Gasteiger partial charge in [-0.05, 0) is 79.7 Å². The molecule has 0 amide bonds. The molecule has 0 aromatic heterocycles. The van der Waals surface area contributed by atoms with Gasteiger partial charge in [0.1, 0.15) is 0 Å². The van der Waals surface area contributed by atoms with Crippen LogP contribution in [0.25, 0.3) is 0 Å². The minimum absolute atomic E-state index is 0.424. The molecule has 1 saturated heterocycles. The molecule has 43 heavy (non-hydrogen) atoms. The van der Waals surface area contributed by atoms with Crippen LogP contribution in [0.2, 0.25) is 0 Å². The molecule has 0 aliphatic carbocycles. The standard InChI is InChI=1S/C37H34BNO2.C2H6/c1-35(2)36(3,4)41-38(40-35)29-24-25-34-32(26-29)37(27-16-8-5-9-17-27,28-18-10-6-11-19-28)31-22-14-15-23-33(31)39(34)30-20-12-7-13-21-30;1-2/h5-26H,1-4H3;1-2H3. The third-order valence-corrected chi connectivity index (χ3v) is 9.17. The van der Waals surface area contributed by atoms with Gasteiger partial charge >= 0.3 is 7.12 Å². The van der Waals surface area contributed by atoms with Crippen LogP contribution in [-0.2, 0) is 14.7 Å². The van der Waals surface area contributed by atoms with Gasteiger partial charge < -0.3 is 14.2 Å². The number of fused-ring (bicyclic) bond motifs is 2. The highest BCUT2D eigenvalue weighted by molar-refractivity contribution is 6.62. The number of hydrogen-bond acceptors (Lipinski definition) is 3. The Hall–Kier alpha value is -4.12. The zero-order valence-electron chi connectivity index (χ0n) is 26.0. The molecule has 0 unspecified atom stereocenters. The Kier molecular flexibility index (Phi) is 7.54. The van der Waals surface area contributed by atoms with Crippen LogP contribution in [0.5, 0.6) is 0 Å². The summed E-state index contributed by atoms with van der Waals surface area (Å²) in [5.41, 5.74) is 7.93. The molecular formula is C39H40BNO2. The first-order chi connectivity index (χ1) is 20.8. The normalized spacial score (nSPS) is 17.3. The van der Waals surface area contributed by atoms with E-state index in [4.69, 9.17) is 9.31 Å². The topological polar surface area (TPSA) is 21.7 Å². The summed E-state index contributed by atoms with van der Waals surface area (Å²) in [5.74, 6) is 0. The molecule has 0 atom stereocenters. The van der Waals surface area contributed by atoms with Gasteiger partial charge in [-0.3, -0.25) is 0 Å². The molecule has 0 saturated carbocycles. The van der Waals surface area contributed by atoms with Gasteiger partial charge in [-0.2, -0.15) is 0 Å². The van der Waals surface area contributed by atoms with Crippen molar-refractivity contribution >= 4 is 29.6 Å². The zero-order chi connectivity index (χ0) is 30.2. The molecular weight excluding hydrogens is 525 g/mol. The molecule has 2 aliphatic rings. The van der Waals surface area contributed by atoms with Crippen LogP contribution in [0.3, 0.4) is 0 Å². The molecule has 0 N–H and O–H groups in total. The lowest BCUT2D eigenvalue weighted by molar-refractivity contribution is 0.00578. The van der Waals surface area contributed by atoms with E-state index < -0.39 is 23.7 Å². The van der Waals surface area contributed by atoms with E-state index in [1.54, 1.807) is 0 Å². The quantitative estimate of drug-likeness (QED) is 0.199. The van der Waals surface area contributed by atoms with Crippen molar-refractivity contribution in [2.24, 2.45) is 0 Å². The van der Waals surface area contributed by atoms with Gasteiger partial charge in [0, 0.05) is 5.69 Å². The molecule has 5 aromatic carbocycles. The summed E-state index contributed by atoms with van der Waals surface area (Å²) in [5, 5.41) is 0. The number of rotatable bonds is 4. The van der Waals surface area contributed by atoms with Crippen LogP contribution in [0, 0.1) is 0 Å². The van der Waals surface area contributed by atoms with Gasteiger partial charge in [0.15, 0.2) is 0 Å². The van der Waals surface area contributed by atoms with Crippen molar-refractivity contribution in [3.63, 3.8) is 0 Å². The van der Waals surface area contributed by atoms with Crippen molar-refractivity contribution in [1.82, 2.24) is 0 Å². The van der Waals surface area contributed by atoms with Crippen LogP contribution >= 0.6 is 0 Å². The van der Waals surface area contributed by atoms with Crippen LogP contribution in [-0.4, -0.2) is 18.3 Å². The first-order valence-electron chi connectivity index (χ1n) is 15.4. The number of hydrogen-bond donors (Lipinski definition) is 0. The highest BCUT2D eigenvalue weighted by atomic mass is 16.7. The fourth-order valence-corrected chi connectivity index (χ4v) is 6.46. The van der Waals surface area contributed by atoms with Crippen molar-refractivity contribution in [3.05, 3.63) is 156 Å². The third-order valence-electron chi connectivity index (χ3n) is 9.17. The summed E-state index contributed by atoms with van der Waals surface area (Å²) in [6.07, 6.45) is 0. The first kappa shape index (κ1) is 29.0. The predicted octanol–water partition coefficient (Wildman–Crippen LogP) is 9.18. The average molecular weight is 566 g/mol. The van der Waals surface area contributed by atoms with Crippen LogP contribution < -0.4 is 10.4 Å². The van der Waals surface area contributed by atoms with E-state index in [0.717, 1.165) is 16.8 Å². The van der Waals surface area contributed by atoms with Gasteiger partial charge in [-0.1, -0.05) is 123 Å². The van der Waals surface area contributed by atoms with E-state index >= 15 is 0 Å². The first-order valence-corrected chi connectivity index (χ1v) is 15.4. The van der Waals surface area contributed by atoms with Gasteiger partial charge in [-0.15, -0.1) is 0 Å². The average Bonchev–Trinajstić information content (AvgIpc) is 3.28. The largest absolute Gasteiger partial charge is 0.494 e. The van der Waals surface area contributed by atoms with Crippen molar-refractivity contribution in [3.8, 4) is 0 Å². The highest BCUT2D eigenvalue weighted by Crippen LogP contribution is 2.57. The summed E-state index contributed by atoms with van der Waals surface area (Å²) < 4.78 is 13.1. The SMILES string of the molecule is CC.CC1(C)OB(c2ccc3c(c2)C(c2ccccc2)(c2ccccc2)c2ccccc2N3c2ccccc2)OC1(C)C. The van der Waals surface area contributed by atoms with Gasteiger partial charge in [0.25, 0.3) is 0 Å². The molecule has 1 fully saturated rings. The van der Waals surface area contributed by atoms with E-state index in [-0.39, 0.29) is 0 Å². The number of para-hydroxylation sites is 2. The number of nitrogens with zero attached hydrogens (tertiary/aromatic N) is 1. The van der Waals surface area contributed by atoms with E-state index in [2.05, 4.69) is 166 Å². The molecule has 4 heteroatoms. The molecule has 2 heterocycles. The van der Waals surface area contributed by atoms with Crippen molar-refractivity contribution in [2.45, 2.75) is 58.2 Å². The number of anilines is 3. The Labute approximate surface area is 257 Å². The summed E-state index contributed by atoms with van der Waals surface area (Å²) in [6, 6.07) is 48.0. The Morgan fingerprint density at radius 1 is 0.512 bits per heavy atom. The van der Waals surface area contributed by atoms with Crippen LogP contribution in [0.1, 0.15) is 63.8 Å². The highest BCUT2D eigenvalue weighted by Gasteiger charge is 2.53. The Bertz CT molecular complexity index is 1640. The van der Waals surface area contributed by atoms with Crippen molar-refractivity contribution in [1.29, 1.82) is 0 Å². The second kappa shape index (κ2) is 11.2. The van der Waals surface area contributed by atoms with Gasteiger partial charge in [-0.25, -0.2) is 0 Å². The molecule has 3 nitrogen and oxygen atoms in total. The maximum absolute atomic E-state index is 6.57. The van der Waals surface area contributed by atoms with Crippen molar-refractivity contribution in [2.75, 3.05) is 4.90 Å². The van der Waals surface area contributed by atoms with E-state index in [9.17, 15) is 0 Å². The Morgan fingerprint density at radius 2 is 0.977 bits per heavy atom. The lowest BCUT2D eigenvalue weighted by atomic mass is 9.61. The Morgan fingerprint density at radius 3 is 1.53 bits per heavy atom. The van der Waals surface area contributed by atoms with Crippen molar-refractivity contribution < 1.29 is 9.31 Å². The van der Waals surface area contributed by atoms with Gasteiger partial charge in [0.2, 0.25) is 0 Å². The molecule has 2 aliphatic heterocycles. The van der Waals surface area contributed by atoms with Crippen LogP contribution in [0.15, 0.2) is 133 Å². The fraction of sp³-hybridized carbons (Fsp3) is 0.231. The molecule has 7 rings (SSSR count). The second-order valence-corrected chi connectivity index (χ2v) is 12.0. The molecule has 0 bridgehead atoms. The van der Waals surface area contributed by atoms with E-state index in [1.807, 2.05) is 13.8 Å². The minimum atomic E-state index is -0.556. The summed E-state index contributed by atoms with van der Waals surface area (Å²) in [6.45, 7) is 12.4. The molecule has 0 radical (unpaired) electrons. The summed E-state index contributed by atoms with van der Waals surface area (Å²) in [4.78, 5) is 2.39. The fourth-order valence-electron chi connectivity index (χ4n) is 6.46.